The second kappa shape index (κ2) is 6.82. The lowest BCUT2D eigenvalue weighted by Gasteiger charge is -2.32. The molecule has 108 valence electrons. The number of hydrogen-bond acceptors (Lipinski definition) is 3. The first-order chi connectivity index (χ1) is 9.67. The largest absolute Gasteiger partial charge is 0.329 e. The minimum Gasteiger partial charge on any atom is -0.329 e. The second-order valence-electron chi connectivity index (χ2n) is 5.66. The van der Waals surface area contributed by atoms with Crippen LogP contribution in [0.5, 0.6) is 0 Å². The molecule has 20 heavy (non-hydrogen) atoms. The minimum absolute atomic E-state index is 0.237. The third-order valence-electron chi connectivity index (χ3n) is 3.69. The van der Waals surface area contributed by atoms with E-state index in [0.717, 1.165) is 18.6 Å². The van der Waals surface area contributed by atoms with Gasteiger partial charge in [-0.2, -0.15) is 0 Å². The normalized spacial score (nSPS) is 13.3. The zero-order chi connectivity index (χ0) is 14.5. The number of nitrogens with zero attached hydrogens (tertiary/aromatic N) is 2. The number of nitrogens with two attached hydrogens (primary N) is 1. The Balaban J connectivity index is 2.43. The van der Waals surface area contributed by atoms with Gasteiger partial charge in [-0.15, -0.1) is 0 Å². The first-order valence-electron chi connectivity index (χ1n) is 7.45. The number of benzene rings is 1. The Morgan fingerprint density at radius 1 is 1.20 bits per heavy atom. The molecule has 0 aliphatic rings. The fraction of sp³-hybridized carbons (Fsp3) is 0.471. The third kappa shape index (κ3) is 3.17. The van der Waals surface area contributed by atoms with Crippen LogP contribution in [-0.2, 0) is 0 Å². The monoisotopic (exact) mass is 271 g/mol. The minimum atomic E-state index is 0.237. The summed E-state index contributed by atoms with van der Waals surface area (Å²) in [4.78, 5) is 7.02. The molecule has 1 heterocycles. The Kier molecular flexibility index (Phi) is 5.10. The fourth-order valence-corrected chi connectivity index (χ4v) is 2.82. The smallest absolute Gasteiger partial charge is 0.0750 e. The quantitative estimate of drug-likeness (QED) is 0.877. The summed E-state index contributed by atoms with van der Waals surface area (Å²) in [6, 6.07) is 10.7. The highest BCUT2D eigenvalue weighted by Crippen LogP contribution is 2.26. The Morgan fingerprint density at radius 2 is 1.95 bits per heavy atom. The Labute approximate surface area is 121 Å². The molecule has 1 aromatic heterocycles. The zero-order valence-electron chi connectivity index (χ0n) is 12.7. The van der Waals surface area contributed by atoms with Crippen molar-refractivity contribution in [3.05, 3.63) is 42.1 Å². The predicted octanol–water partition coefficient (Wildman–Crippen LogP) is 3.21. The molecule has 0 amide bonds. The summed E-state index contributed by atoms with van der Waals surface area (Å²) in [7, 11) is 0. The molecule has 0 aliphatic heterocycles. The van der Waals surface area contributed by atoms with Gasteiger partial charge in [-0.3, -0.25) is 9.88 Å². The van der Waals surface area contributed by atoms with Gasteiger partial charge < -0.3 is 5.73 Å². The van der Waals surface area contributed by atoms with Gasteiger partial charge >= 0.3 is 0 Å². The van der Waals surface area contributed by atoms with Gasteiger partial charge in [0.15, 0.2) is 0 Å². The molecule has 1 aromatic carbocycles. The van der Waals surface area contributed by atoms with Gasteiger partial charge in [-0.25, -0.2) is 0 Å². The van der Waals surface area contributed by atoms with Crippen molar-refractivity contribution in [2.24, 2.45) is 11.7 Å². The van der Waals surface area contributed by atoms with Crippen LogP contribution in [0.15, 0.2) is 36.5 Å². The van der Waals surface area contributed by atoms with Crippen molar-refractivity contribution >= 4 is 10.9 Å². The van der Waals surface area contributed by atoms with Crippen molar-refractivity contribution in [3.63, 3.8) is 0 Å². The van der Waals surface area contributed by atoms with E-state index < -0.39 is 0 Å². The van der Waals surface area contributed by atoms with E-state index in [1.807, 2.05) is 12.3 Å². The molecule has 0 spiro atoms. The van der Waals surface area contributed by atoms with E-state index in [4.69, 9.17) is 5.73 Å². The summed E-state index contributed by atoms with van der Waals surface area (Å²) in [6.45, 7) is 9.37. The molecule has 0 radical (unpaired) electrons. The summed E-state index contributed by atoms with van der Waals surface area (Å²) in [5.74, 6) is 0.631. The van der Waals surface area contributed by atoms with E-state index in [2.05, 4.69) is 54.9 Å². The maximum absolute atomic E-state index is 6.08. The van der Waals surface area contributed by atoms with Crippen LogP contribution in [0.1, 0.15) is 32.4 Å². The molecule has 2 N–H and O–H groups in total. The van der Waals surface area contributed by atoms with Gasteiger partial charge in [-0.05, 0) is 24.1 Å². The van der Waals surface area contributed by atoms with E-state index in [1.165, 1.54) is 10.9 Å². The van der Waals surface area contributed by atoms with Crippen LogP contribution >= 0.6 is 0 Å². The average molecular weight is 271 g/mol. The van der Waals surface area contributed by atoms with Gasteiger partial charge in [0.25, 0.3) is 0 Å². The highest BCUT2D eigenvalue weighted by atomic mass is 15.2. The Bertz CT molecular complexity index is 545. The summed E-state index contributed by atoms with van der Waals surface area (Å²) >= 11 is 0. The van der Waals surface area contributed by atoms with Crippen molar-refractivity contribution < 1.29 is 0 Å². The number of pyridine rings is 1. The van der Waals surface area contributed by atoms with Crippen LogP contribution in [0.3, 0.4) is 0 Å². The highest BCUT2D eigenvalue weighted by molar-refractivity contribution is 5.82. The van der Waals surface area contributed by atoms with Crippen molar-refractivity contribution in [1.29, 1.82) is 0 Å². The van der Waals surface area contributed by atoms with E-state index in [1.54, 1.807) is 0 Å². The summed E-state index contributed by atoms with van der Waals surface area (Å²) < 4.78 is 0. The zero-order valence-corrected chi connectivity index (χ0v) is 12.7. The molecule has 0 fully saturated rings. The van der Waals surface area contributed by atoms with Gasteiger partial charge in [0.05, 0.1) is 5.52 Å². The van der Waals surface area contributed by atoms with E-state index in [9.17, 15) is 0 Å². The second-order valence-corrected chi connectivity index (χ2v) is 5.66. The lowest BCUT2D eigenvalue weighted by Crippen LogP contribution is -2.36. The van der Waals surface area contributed by atoms with Gasteiger partial charge in [0.2, 0.25) is 0 Å². The van der Waals surface area contributed by atoms with Crippen LogP contribution in [0.4, 0.5) is 0 Å². The maximum Gasteiger partial charge on any atom is 0.0750 e. The van der Waals surface area contributed by atoms with Crippen molar-refractivity contribution in [1.82, 2.24) is 9.88 Å². The van der Waals surface area contributed by atoms with Crippen LogP contribution < -0.4 is 5.73 Å². The SMILES string of the molecule is CCN(CC(C)C)C(CN)c1cccc2cccnc12. The molecule has 0 saturated heterocycles. The van der Waals surface area contributed by atoms with Crippen molar-refractivity contribution in [2.45, 2.75) is 26.8 Å². The molecule has 1 unspecified atom stereocenters. The molecule has 1 atom stereocenters. The van der Waals surface area contributed by atoms with Gasteiger partial charge in [-0.1, -0.05) is 45.0 Å². The summed E-state index contributed by atoms with van der Waals surface area (Å²) in [6.07, 6.45) is 1.86. The number of likely N-dealkylation sites (N-methyl/N-ethyl adjacent to an activating group) is 1. The number of rotatable bonds is 6. The molecule has 0 bridgehead atoms. The number of hydrogen-bond donors (Lipinski definition) is 1. The number of aromatic nitrogens is 1. The summed E-state index contributed by atoms with van der Waals surface area (Å²) in [5.41, 5.74) is 8.40. The molecule has 3 nitrogen and oxygen atoms in total. The molecule has 0 saturated carbocycles. The molecular formula is C17H25N3. The van der Waals surface area contributed by atoms with Crippen LogP contribution in [-0.4, -0.2) is 29.5 Å². The van der Waals surface area contributed by atoms with Gasteiger partial charge in [0.1, 0.15) is 0 Å². The number of para-hydroxylation sites is 1. The highest BCUT2D eigenvalue weighted by Gasteiger charge is 2.20. The molecule has 2 rings (SSSR count). The van der Waals surface area contributed by atoms with E-state index in [-0.39, 0.29) is 6.04 Å². The summed E-state index contributed by atoms with van der Waals surface area (Å²) in [5, 5.41) is 1.18. The van der Waals surface area contributed by atoms with Crippen LogP contribution in [0, 0.1) is 5.92 Å². The first kappa shape index (κ1) is 14.9. The van der Waals surface area contributed by atoms with Crippen LogP contribution in [0.25, 0.3) is 10.9 Å². The first-order valence-corrected chi connectivity index (χ1v) is 7.45. The molecule has 0 aliphatic carbocycles. The Hall–Kier alpha value is -1.45. The van der Waals surface area contributed by atoms with Crippen molar-refractivity contribution in [3.8, 4) is 0 Å². The van der Waals surface area contributed by atoms with Gasteiger partial charge in [0, 0.05) is 30.7 Å². The number of fused-ring (bicyclic) bond motifs is 1. The maximum atomic E-state index is 6.08. The lowest BCUT2D eigenvalue weighted by molar-refractivity contribution is 0.190. The molecule has 2 aromatic rings. The molecule has 3 heteroatoms. The van der Waals surface area contributed by atoms with Crippen molar-refractivity contribution in [2.75, 3.05) is 19.6 Å². The fourth-order valence-electron chi connectivity index (χ4n) is 2.82. The average Bonchev–Trinajstić information content (AvgIpc) is 2.46. The standard InChI is InChI=1S/C17H25N3/c1-4-20(12-13(2)3)16(11-18)15-9-5-7-14-8-6-10-19-17(14)15/h5-10,13,16H,4,11-12,18H2,1-3H3. The van der Waals surface area contributed by atoms with E-state index in [0.29, 0.717) is 12.5 Å². The topological polar surface area (TPSA) is 42.1 Å². The predicted molar refractivity (Wildman–Crippen MR) is 85.6 cm³/mol. The third-order valence-corrected chi connectivity index (χ3v) is 3.69. The Morgan fingerprint density at radius 3 is 2.60 bits per heavy atom. The van der Waals surface area contributed by atoms with E-state index >= 15 is 0 Å². The lowest BCUT2D eigenvalue weighted by atomic mass is 10.0. The van der Waals surface area contributed by atoms with Crippen LogP contribution in [0.2, 0.25) is 0 Å². The molecular weight excluding hydrogens is 246 g/mol.